The Morgan fingerprint density at radius 2 is 2.14 bits per heavy atom. The molecular weight excluding hydrogens is 290 g/mol. The molecule has 1 fully saturated rings. The number of carbonyl (C=O) groups is 1. The Morgan fingerprint density at radius 1 is 1.43 bits per heavy atom. The molecule has 2 rings (SSSR count). The van der Waals surface area contributed by atoms with Crippen molar-refractivity contribution in [3.8, 4) is 0 Å². The van der Waals surface area contributed by atoms with Gasteiger partial charge in [0.15, 0.2) is 0 Å². The molecule has 5 heteroatoms. The van der Waals surface area contributed by atoms with E-state index in [1.807, 2.05) is 20.8 Å². The second-order valence-corrected chi connectivity index (χ2v) is 6.99. The number of nitrogens with zero attached hydrogens (tertiary/aromatic N) is 1. The van der Waals surface area contributed by atoms with Crippen molar-refractivity contribution in [1.29, 1.82) is 0 Å². The van der Waals surface area contributed by atoms with Crippen molar-refractivity contribution >= 4 is 17.6 Å². The van der Waals surface area contributed by atoms with Gasteiger partial charge in [-0.05, 0) is 64.0 Å². The number of pyridine rings is 1. The predicted octanol–water partition coefficient (Wildman–Crippen LogP) is 3.25. The maximum atomic E-state index is 12.2. The van der Waals surface area contributed by atoms with Gasteiger partial charge in [0.25, 0.3) is 0 Å². The van der Waals surface area contributed by atoms with Crippen LogP contribution in [-0.2, 0) is 11.2 Å². The summed E-state index contributed by atoms with van der Waals surface area (Å²) in [6, 6.07) is 3.28. The molecule has 0 aromatic carbocycles. The van der Waals surface area contributed by atoms with E-state index in [4.69, 9.17) is 21.4 Å². The van der Waals surface area contributed by atoms with E-state index in [0.29, 0.717) is 34.7 Å². The molecule has 0 unspecified atom stereocenters. The van der Waals surface area contributed by atoms with Crippen molar-refractivity contribution in [1.82, 2.24) is 4.98 Å². The van der Waals surface area contributed by atoms with Crippen molar-refractivity contribution in [3.63, 3.8) is 0 Å². The van der Waals surface area contributed by atoms with Gasteiger partial charge in [0.2, 0.25) is 0 Å². The summed E-state index contributed by atoms with van der Waals surface area (Å²) in [5.41, 5.74) is 0.628. The second-order valence-electron chi connectivity index (χ2n) is 6.61. The van der Waals surface area contributed by atoms with Crippen LogP contribution in [-0.4, -0.2) is 28.3 Å². The number of aromatic nitrogens is 1. The number of hydrogen-bond acceptors (Lipinski definition) is 4. The topological polar surface area (TPSA) is 59.4 Å². The summed E-state index contributed by atoms with van der Waals surface area (Å²) in [6.45, 7) is 5.75. The number of aliphatic hydroxyl groups excluding tert-OH is 1. The Kier molecular flexibility index (Phi) is 4.89. The molecule has 1 heterocycles. The molecule has 1 aliphatic carbocycles. The standard InChI is InChI=1S/C16H22ClNO3/c1-16(2,3)21-15(20)12-5-7-14(17)18-13(12)6-4-10-8-11(10)9-19/h5,7,10-11,19H,4,6,8-9H2,1-3H3/t10-,11+/m0/s1. The Labute approximate surface area is 130 Å². The quantitative estimate of drug-likeness (QED) is 0.670. The minimum absolute atomic E-state index is 0.243. The van der Waals surface area contributed by atoms with Crippen LogP contribution in [0.2, 0.25) is 5.15 Å². The minimum Gasteiger partial charge on any atom is -0.456 e. The lowest BCUT2D eigenvalue weighted by Crippen LogP contribution is -2.24. The Morgan fingerprint density at radius 3 is 2.71 bits per heavy atom. The zero-order valence-electron chi connectivity index (χ0n) is 12.7. The van der Waals surface area contributed by atoms with Gasteiger partial charge in [-0.15, -0.1) is 0 Å². The van der Waals surface area contributed by atoms with Crippen molar-refractivity contribution in [2.45, 2.75) is 45.6 Å². The third-order valence-electron chi connectivity index (χ3n) is 3.61. The van der Waals surface area contributed by atoms with Crippen LogP contribution in [0.15, 0.2) is 12.1 Å². The molecule has 0 amide bonds. The first-order valence-electron chi connectivity index (χ1n) is 7.30. The number of halogens is 1. The average Bonchev–Trinajstić information content (AvgIpc) is 3.12. The molecule has 116 valence electrons. The van der Waals surface area contributed by atoms with E-state index >= 15 is 0 Å². The van der Waals surface area contributed by atoms with Crippen LogP contribution in [0.3, 0.4) is 0 Å². The molecule has 1 aromatic heterocycles. The van der Waals surface area contributed by atoms with Crippen molar-refractivity contribution in [2.75, 3.05) is 6.61 Å². The largest absolute Gasteiger partial charge is 0.456 e. The van der Waals surface area contributed by atoms with Gasteiger partial charge in [0.05, 0.1) is 11.3 Å². The van der Waals surface area contributed by atoms with Crippen LogP contribution in [0.1, 0.15) is 49.7 Å². The maximum Gasteiger partial charge on any atom is 0.340 e. The van der Waals surface area contributed by atoms with E-state index in [1.165, 1.54) is 0 Å². The van der Waals surface area contributed by atoms with Gasteiger partial charge in [-0.1, -0.05) is 11.6 Å². The SMILES string of the molecule is CC(C)(C)OC(=O)c1ccc(Cl)nc1CC[C@H]1C[C@@H]1CO. The van der Waals surface area contributed by atoms with Gasteiger partial charge >= 0.3 is 5.97 Å². The molecule has 0 saturated heterocycles. The normalized spacial score (nSPS) is 21.2. The first-order chi connectivity index (χ1) is 9.80. The van der Waals surface area contributed by atoms with Crippen molar-refractivity contribution in [2.24, 2.45) is 11.8 Å². The van der Waals surface area contributed by atoms with Crippen LogP contribution in [0.25, 0.3) is 0 Å². The number of aliphatic hydroxyl groups is 1. The summed E-state index contributed by atoms with van der Waals surface area (Å²) in [4.78, 5) is 16.5. The van der Waals surface area contributed by atoms with Crippen LogP contribution < -0.4 is 0 Å². The monoisotopic (exact) mass is 311 g/mol. The molecule has 2 atom stereocenters. The number of esters is 1. The predicted molar refractivity (Wildman–Crippen MR) is 81.4 cm³/mol. The van der Waals surface area contributed by atoms with E-state index < -0.39 is 5.60 Å². The van der Waals surface area contributed by atoms with Gasteiger partial charge in [-0.2, -0.15) is 0 Å². The molecular formula is C16H22ClNO3. The summed E-state index contributed by atoms with van der Waals surface area (Å²) in [5.74, 6) is 0.576. The number of carbonyl (C=O) groups excluding carboxylic acids is 1. The molecule has 0 radical (unpaired) electrons. The van der Waals surface area contributed by atoms with E-state index in [0.717, 1.165) is 12.8 Å². The summed E-state index contributed by atoms with van der Waals surface area (Å²) < 4.78 is 5.41. The van der Waals surface area contributed by atoms with Gasteiger partial charge in [-0.3, -0.25) is 0 Å². The second kappa shape index (κ2) is 6.32. The highest BCUT2D eigenvalue weighted by Crippen LogP contribution is 2.41. The third-order valence-corrected chi connectivity index (χ3v) is 3.82. The lowest BCUT2D eigenvalue weighted by molar-refractivity contribution is 0.00677. The fraction of sp³-hybridized carbons (Fsp3) is 0.625. The first-order valence-corrected chi connectivity index (χ1v) is 7.67. The molecule has 4 nitrogen and oxygen atoms in total. The Hall–Kier alpha value is -1.13. The van der Waals surface area contributed by atoms with Crippen molar-refractivity contribution in [3.05, 3.63) is 28.5 Å². The van der Waals surface area contributed by atoms with E-state index in [1.54, 1.807) is 12.1 Å². The number of aryl methyl sites for hydroxylation is 1. The van der Waals surface area contributed by atoms with Gasteiger partial charge in [0, 0.05) is 6.61 Å². The minimum atomic E-state index is -0.535. The molecule has 1 N–H and O–H groups in total. The smallest absolute Gasteiger partial charge is 0.340 e. The highest BCUT2D eigenvalue weighted by atomic mass is 35.5. The van der Waals surface area contributed by atoms with Crippen LogP contribution >= 0.6 is 11.6 Å². The maximum absolute atomic E-state index is 12.2. The third kappa shape index (κ3) is 4.68. The molecule has 1 aliphatic rings. The lowest BCUT2D eigenvalue weighted by Gasteiger charge is -2.20. The highest BCUT2D eigenvalue weighted by Gasteiger charge is 2.36. The zero-order chi connectivity index (χ0) is 15.6. The first kappa shape index (κ1) is 16.2. The number of hydrogen-bond donors (Lipinski definition) is 1. The van der Waals surface area contributed by atoms with Crippen LogP contribution in [0, 0.1) is 11.8 Å². The highest BCUT2D eigenvalue weighted by molar-refractivity contribution is 6.29. The fourth-order valence-corrected chi connectivity index (χ4v) is 2.56. The van der Waals surface area contributed by atoms with Gasteiger partial charge in [0.1, 0.15) is 10.8 Å². The summed E-state index contributed by atoms with van der Waals surface area (Å²) in [5, 5.41) is 9.46. The number of rotatable bonds is 5. The lowest BCUT2D eigenvalue weighted by atomic mass is 10.1. The van der Waals surface area contributed by atoms with Crippen LogP contribution in [0.5, 0.6) is 0 Å². The summed E-state index contributed by atoms with van der Waals surface area (Å²) in [7, 11) is 0. The molecule has 0 aliphatic heterocycles. The van der Waals surface area contributed by atoms with Crippen LogP contribution in [0.4, 0.5) is 0 Å². The van der Waals surface area contributed by atoms with Gasteiger partial charge < -0.3 is 9.84 Å². The van der Waals surface area contributed by atoms with Crippen molar-refractivity contribution < 1.29 is 14.6 Å². The van der Waals surface area contributed by atoms with E-state index in [2.05, 4.69) is 4.98 Å². The summed E-state index contributed by atoms with van der Waals surface area (Å²) in [6.07, 6.45) is 2.64. The molecule has 1 aromatic rings. The average molecular weight is 312 g/mol. The Balaban J connectivity index is 2.08. The molecule has 0 spiro atoms. The molecule has 0 bridgehead atoms. The number of ether oxygens (including phenoxy) is 1. The fourth-order valence-electron chi connectivity index (χ4n) is 2.39. The van der Waals surface area contributed by atoms with E-state index in [-0.39, 0.29) is 12.6 Å². The van der Waals surface area contributed by atoms with E-state index in [9.17, 15) is 4.79 Å². The molecule has 21 heavy (non-hydrogen) atoms. The van der Waals surface area contributed by atoms with Gasteiger partial charge in [-0.25, -0.2) is 9.78 Å². The Bertz CT molecular complexity index is 525. The molecule has 1 saturated carbocycles. The zero-order valence-corrected chi connectivity index (χ0v) is 13.5. The summed E-state index contributed by atoms with van der Waals surface area (Å²) >= 11 is 5.94.